The van der Waals surface area contributed by atoms with Crippen molar-refractivity contribution in [3.8, 4) is 5.75 Å². The smallest absolute Gasteiger partial charge is 0.320 e. The Bertz CT molecular complexity index is 411. The number of rotatable bonds is 5. The Morgan fingerprint density at radius 2 is 1.72 bits per heavy atom. The molecule has 1 aromatic rings. The molecule has 18 heavy (non-hydrogen) atoms. The summed E-state index contributed by atoms with van der Waals surface area (Å²) in [6.07, 6.45) is 0.219. The first-order valence-electron chi connectivity index (χ1n) is 5.41. The van der Waals surface area contributed by atoms with Crippen molar-refractivity contribution in [2.75, 3.05) is 21.3 Å². The SMILES string of the molecule is COC(=O)C(Cc1cccc(OC)c1)C(=O)OC. The Hall–Kier alpha value is -2.04. The van der Waals surface area contributed by atoms with Gasteiger partial charge in [-0.3, -0.25) is 9.59 Å². The predicted molar refractivity (Wildman–Crippen MR) is 64.2 cm³/mol. The van der Waals surface area contributed by atoms with E-state index >= 15 is 0 Å². The zero-order chi connectivity index (χ0) is 13.5. The summed E-state index contributed by atoms with van der Waals surface area (Å²) in [5.74, 6) is -1.50. The van der Waals surface area contributed by atoms with Crippen LogP contribution in [0, 0.1) is 5.92 Å². The number of esters is 2. The number of carbonyl (C=O) groups excluding carboxylic acids is 2. The lowest BCUT2D eigenvalue weighted by atomic mass is 9.99. The molecule has 0 atom stereocenters. The monoisotopic (exact) mass is 252 g/mol. The van der Waals surface area contributed by atoms with Crippen LogP contribution in [0.1, 0.15) is 5.56 Å². The Labute approximate surface area is 106 Å². The first-order chi connectivity index (χ1) is 8.62. The Morgan fingerprint density at radius 3 is 2.22 bits per heavy atom. The van der Waals surface area contributed by atoms with Crippen molar-refractivity contribution in [1.29, 1.82) is 0 Å². The van der Waals surface area contributed by atoms with Crippen LogP contribution in [0.5, 0.6) is 5.75 Å². The fraction of sp³-hybridized carbons (Fsp3) is 0.385. The highest BCUT2D eigenvalue weighted by atomic mass is 16.5. The van der Waals surface area contributed by atoms with E-state index in [9.17, 15) is 9.59 Å². The highest BCUT2D eigenvalue weighted by Crippen LogP contribution is 2.17. The molecule has 0 unspecified atom stereocenters. The van der Waals surface area contributed by atoms with Crippen LogP contribution in [0.25, 0.3) is 0 Å². The molecule has 0 aromatic heterocycles. The van der Waals surface area contributed by atoms with E-state index in [-0.39, 0.29) is 6.42 Å². The average Bonchev–Trinajstić information content (AvgIpc) is 2.43. The van der Waals surface area contributed by atoms with E-state index < -0.39 is 17.9 Å². The number of benzene rings is 1. The van der Waals surface area contributed by atoms with Gasteiger partial charge in [-0.15, -0.1) is 0 Å². The third-order valence-electron chi connectivity index (χ3n) is 2.55. The number of hydrogen-bond acceptors (Lipinski definition) is 5. The highest BCUT2D eigenvalue weighted by molar-refractivity contribution is 5.95. The zero-order valence-electron chi connectivity index (χ0n) is 10.6. The van der Waals surface area contributed by atoms with Gasteiger partial charge < -0.3 is 14.2 Å². The van der Waals surface area contributed by atoms with Crippen molar-refractivity contribution in [2.45, 2.75) is 6.42 Å². The van der Waals surface area contributed by atoms with E-state index in [1.54, 1.807) is 31.4 Å². The topological polar surface area (TPSA) is 61.8 Å². The maximum Gasteiger partial charge on any atom is 0.320 e. The molecule has 0 bridgehead atoms. The molecule has 0 spiro atoms. The van der Waals surface area contributed by atoms with E-state index in [1.807, 2.05) is 0 Å². The van der Waals surface area contributed by atoms with Crippen molar-refractivity contribution >= 4 is 11.9 Å². The van der Waals surface area contributed by atoms with Crippen LogP contribution >= 0.6 is 0 Å². The lowest BCUT2D eigenvalue weighted by Gasteiger charge is -2.12. The summed E-state index contributed by atoms with van der Waals surface area (Å²) in [5.41, 5.74) is 0.801. The summed E-state index contributed by atoms with van der Waals surface area (Å²) in [7, 11) is 4.03. The molecule has 0 fully saturated rings. The first-order valence-corrected chi connectivity index (χ1v) is 5.41. The van der Waals surface area contributed by atoms with Gasteiger partial charge in [-0.05, 0) is 24.1 Å². The van der Waals surface area contributed by atoms with Gasteiger partial charge in [-0.1, -0.05) is 12.1 Å². The van der Waals surface area contributed by atoms with Crippen LogP contribution in [0.15, 0.2) is 24.3 Å². The molecule has 0 aliphatic carbocycles. The summed E-state index contributed by atoms with van der Waals surface area (Å²) >= 11 is 0. The second-order valence-corrected chi connectivity index (χ2v) is 3.65. The summed E-state index contributed by atoms with van der Waals surface area (Å²) in [5, 5.41) is 0. The summed E-state index contributed by atoms with van der Waals surface area (Å²) in [6, 6.07) is 7.15. The average molecular weight is 252 g/mol. The minimum absolute atomic E-state index is 0.219. The maximum atomic E-state index is 11.5. The van der Waals surface area contributed by atoms with Crippen molar-refractivity contribution < 1.29 is 23.8 Å². The van der Waals surface area contributed by atoms with Crippen LogP contribution in [0.4, 0.5) is 0 Å². The molecule has 0 aliphatic heterocycles. The number of hydrogen-bond donors (Lipinski definition) is 0. The van der Waals surface area contributed by atoms with Gasteiger partial charge in [0.1, 0.15) is 5.75 Å². The van der Waals surface area contributed by atoms with Gasteiger partial charge in [0.2, 0.25) is 0 Å². The van der Waals surface area contributed by atoms with Crippen molar-refractivity contribution in [3.63, 3.8) is 0 Å². The van der Waals surface area contributed by atoms with Crippen LogP contribution < -0.4 is 4.74 Å². The minimum Gasteiger partial charge on any atom is -0.497 e. The molecule has 5 nitrogen and oxygen atoms in total. The molecule has 0 aliphatic rings. The molecule has 0 heterocycles. The number of ether oxygens (including phenoxy) is 3. The highest BCUT2D eigenvalue weighted by Gasteiger charge is 2.28. The summed E-state index contributed by atoms with van der Waals surface area (Å²) < 4.78 is 14.3. The molecule has 98 valence electrons. The van der Waals surface area contributed by atoms with Crippen LogP contribution in [0.2, 0.25) is 0 Å². The molecule has 0 saturated heterocycles. The molecule has 0 N–H and O–H groups in total. The predicted octanol–water partition coefficient (Wildman–Crippen LogP) is 1.20. The van der Waals surface area contributed by atoms with Gasteiger partial charge >= 0.3 is 11.9 Å². The van der Waals surface area contributed by atoms with Crippen LogP contribution in [0.3, 0.4) is 0 Å². The zero-order valence-corrected chi connectivity index (χ0v) is 10.6. The second-order valence-electron chi connectivity index (χ2n) is 3.65. The molecular weight excluding hydrogens is 236 g/mol. The maximum absolute atomic E-state index is 11.5. The molecular formula is C13H16O5. The van der Waals surface area contributed by atoms with Gasteiger partial charge in [0.05, 0.1) is 21.3 Å². The molecule has 5 heteroatoms. The van der Waals surface area contributed by atoms with Gasteiger partial charge in [0, 0.05) is 0 Å². The standard InChI is InChI=1S/C13H16O5/c1-16-10-6-4-5-9(7-10)8-11(12(14)17-2)13(15)18-3/h4-7,11H,8H2,1-3H3. The van der Waals surface area contributed by atoms with Gasteiger partial charge in [0.15, 0.2) is 5.92 Å². The minimum atomic E-state index is -0.952. The summed E-state index contributed by atoms with van der Waals surface area (Å²) in [4.78, 5) is 23.0. The second kappa shape index (κ2) is 6.64. The largest absolute Gasteiger partial charge is 0.497 e. The molecule has 1 rings (SSSR count). The third-order valence-corrected chi connectivity index (χ3v) is 2.55. The van der Waals surface area contributed by atoms with Crippen molar-refractivity contribution in [3.05, 3.63) is 29.8 Å². The van der Waals surface area contributed by atoms with Gasteiger partial charge in [0.25, 0.3) is 0 Å². The normalized spacial score (nSPS) is 10.0. The molecule has 0 radical (unpaired) electrons. The number of methoxy groups -OCH3 is 3. The number of carbonyl (C=O) groups is 2. The fourth-order valence-corrected chi connectivity index (χ4v) is 1.58. The Balaban J connectivity index is 2.88. The lowest BCUT2D eigenvalue weighted by molar-refractivity contribution is -0.158. The van der Waals surface area contributed by atoms with Crippen molar-refractivity contribution in [2.24, 2.45) is 5.92 Å². The quantitative estimate of drug-likeness (QED) is 0.582. The van der Waals surface area contributed by atoms with E-state index in [0.717, 1.165) is 5.56 Å². The van der Waals surface area contributed by atoms with Gasteiger partial charge in [-0.2, -0.15) is 0 Å². The van der Waals surface area contributed by atoms with Gasteiger partial charge in [-0.25, -0.2) is 0 Å². The van der Waals surface area contributed by atoms with E-state index in [0.29, 0.717) is 5.75 Å². The van der Waals surface area contributed by atoms with E-state index in [2.05, 4.69) is 9.47 Å². The molecule has 0 saturated carbocycles. The third kappa shape index (κ3) is 3.48. The fourth-order valence-electron chi connectivity index (χ4n) is 1.58. The van der Waals surface area contributed by atoms with Crippen molar-refractivity contribution in [1.82, 2.24) is 0 Å². The summed E-state index contributed by atoms with van der Waals surface area (Å²) in [6.45, 7) is 0. The first kappa shape index (κ1) is 14.0. The molecule has 1 aromatic carbocycles. The Morgan fingerprint density at radius 1 is 1.11 bits per heavy atom. The van der Waals surface area contributed by atoms with Crippen LogP contribution in [-0.4, -0.2) is 33.3 Å². The molecule has 0 amide bonds. The lowest BCUT2D eigenvalue weighted by Crippen LogP contribution is -2.28. The van der Waals surface area contributed by atoms with Crippen LogP contribution in [-0.2, 0) is 25.5 Å². The Kier molecular flexibility index (Phi) is 5.17. The van der Waals surface area contributed by atoms with E-state index in [4.69, 9.17) is 4.74 Å². The van der Waals surface area contributed by atoms with E-state index in [1.165, 1.54) is 14.2 Å².